The van der Waals surface area contributed by atoms with Gasteiger partial charge in [0.2, 0.25) is 6.54 Å². The van der Waals surface area contributed by atoms with Crippen molar-refractivity contribution in [2.45, 2.75) is 44.9 Å². The second kappa shape index (κ2) is 13.6. The summed E-state index contributed by atoms with van der Waals surface area (Å²) in [5, 5.41) is 2.80. The van der Waals surface area contributed by atoms with Crippen molar-refractivity contribution in [3.63, 3.8) is 0 Å². The van der Waals surface area contributed by atoms with E-state index < -0.39 is 17.8 Å². The predicted octanol–water partition coefficient (Wildman–Crippen LogP) is 5.49. The summed E-state index contributed by atoms with van der Waals surface area (Å²) >= 11 is 6.71. The van der Waals surface area contributed by atoms with E-state index >= 15 is 0 Å². The monoisotopic (exact) mass is 665 g/mol. The van der Waals surface area contributed by atoms with Crippen molar-refractivity contribution < 1.29 is 13.9 Å². The van der Waals surface area contributed by atoms with Crippen molar-refractivity contribution in [2.24, 2.45) is 5.41 Å². The summed E-state index contributed by atoms with van der Waals surface area (Å²) in [5.41, 5.74) is 3.03. The Hall–Kier alpha value is -3.59. The molecule has 6 rings (SSSR count). The molecule has 9 nitrogen and oxygen atoms in total. The van der Waals surface area contributed by atoms with Gasteiger partial charge in [0, 0.05) is 54.8 Å². The molecule has 3 aliphatic rings. The fourth-order valence-electron chi connectivity index (χ4n) is 6.95. The summed E-state index contributed by atoms with van der Waals surface area (Å²) < 4.78 is 20.4. The summed E-state index contributed by atoms with van der Waals surface area (Å²) in [6.45, 7) is 16.1. The molecular weight excluding hydrogens is 625 g/mol. The average Bonchev–Trinajstić information content (AvgIpc) is 3.80. The largest absolute Gasteiger partial charge is 0.460 e. The highest BCUT2D eigenvalue weighted by atomic mass is 35.5. The zero-order valence-electron chi connectivity index (χ0n) is 26.6. The first-order chi connectivity index (χ1) is 21.6. The fraction of sp³-hybridized carbons (Fsp3) is 0.471. The number of aromatic nitrogens is 2. The van der Waals surface area contributed by atoms with E-state index in [9.17, 15) is 9.18 Å². The molecule has 1 saturated heterocycles. The van der Waals surface area contributed by atoms with Crippen LogP contribution in [0.3, 0.4) is 0 Å². The second-order valence-corrected chi connectivity index (χ2v) is 13.2. The van der Waals surface area contributed by atoms with Crippen LogP contribution in [0, 0.1) is 12.0 Å². The summed E-state index contributed by atoms with van der Waals surface area (Å²) in [4.78, 5) is 34.2. The van der Waals surface area contributed by atoms with Crippen LogP contribution in [0.25, 0.3) is 15.6 Å². The Bertz CT molecular complexity index is 1670. The highest BCUT2D eigenvalue weighted by Gasteiger charge is 2.49. The number of hydrogen-bond acceptors (Lipinski definition) is 7. The van der Waals surface area contributed by atoms with Gasteiger partial charge in [-0.2, -0.15) is 23.5 Å². The standard InChI is InChI=1S/C34H39ClFN7O2.H2S/c1-22(36)32(44)43-17-16-42(19-25(43)18-37-3)31-26-12-15-41(29-11-7-9-24-8-6-10-27(35)30(24)29)20-28(26)38-33(39-31)45-23(2)34(13-14-34)21-40(4)5;/h6-11,23,25H,1,12-21H2,2,4-5H3;1H2/t23?,25-;/m0./s1. The molecule has 1 saturated carbocycles. The number of fused-ring (bicyclic) bond motifs is 2. The van der Waals surface area contributed by atoms with Crippen LogP contribution in [-0.2, 0) is 17.8 Å². The number of rotatable bonds is 9. The first-order valence-corrected chi connectivity index (χ1v) is 15.8. The number of halogens is 2. The summed E-state index contributed by atoms with van der Waals surface area (Å²) in [6.07, 6.45) is 2.80. The Morgan fingerprint density at radius 3 is 2.61 bits per heavy atom. The van der Waals surface area contributed by atoms with Crippen molar-refractivity contribution in [2.75, 3.05) is 63.2 Å². The molecule has 0 bridgehead atoms. The van der Waals surface area contributed by atoms with Gasteiger partial charge < -0.3 is 29.2 Å². The molecule has 2 atom stereocenters. The highest BCUT2D eigenvalue weighted by molar-refractivity contribution is 7.59. The van der Waals surface area contributed by atoms with E-state index in [-0.39, 0.29) is 38.1 Å². The third-order valence-electron chi connectivity index (χ3n) is 9.44. The van der Waals surface area contributed by atoms with Crippen LogP contribution < -0.4 is 14.5 Å². The Morgan fingerprint density at radius 2 is 1.93 bits per heavy atom. The van der Waals surface area contributed by atoms with E-state index in [1.54, 1.807) is 0 Å². The zero-order chi connectivity index (χ0) is 31.9. The van der Waals surface area contributed by atoms with Crippen LogP contribution in [0.5, 0.6) is 6.01 Å². The van der Waals surface area contributed by atoms with Crippen LogP contribution in [0.15, 0.2) is 48.8 Å². The van der Waals surface area contributed by atoms with Crippen molar-refractivity contribution in [3.8, 4) is 6.01 Å². The number of anilines is 2. The van der Waals surface area contributed by atoms with Gasteiger partial charge in [-0.15, -0.1) is 0 Å². The van der Waals surface area contributed by atoms with Crippen molar-refractivity contribution in [1.82, 2.24) is 19.8 Å². The van der Waals surface area contributed by atoms with E-state index in [0.29, 0.717) is 37.1 Å². The van der Waals surface area contributed by atoms with Gasteiger partial charge in [0.1, 0.15) is 18.0 Å². The maximum absolute atomic E-state index is 13.9. The Balaban J connectivity index is 0.00000417. The fourth-order valence-corrected chi connectivity index (χ4v) is 7.23. The number of amides is 1. The molecule has 3 aromatic rings. The summed E-state index contributed by atoms with van der Waals surface area (Å²) in [5.74, 6) is -1.01. The van der Waals surface area contributed by atoms with Crippen LogP contribution in [0.1, 0.15) is 31.0 Å². The molecule has 1 amide bonds. The van der Waals surface area contributed by atoms with E-state index in [0.717, 1.165) is 59.5 Å². The lowest BCUT2D eigenvalue weighted by Gasteiger charge is -2.41. The maximum atomic E-state index is 13.9. The molecule has 3 heterocycles. The molecule has 0 spiro atoms. The minimum absolute atomic E-state index is 0. The smallest absolute Gasteiger partial charge is 0.318 e. The van der Waals surface area contributed by atoms with Gasteiger partial charge in [0.15, 0.2) is 5.83 Å². The average molecular weight is 666 g/mol. The van der Waals surface area contributed by atoms with Crippen molar-refractivity contribution in [3.05, 3.63) is 76.5 Å². The second-order valence-electron chi connectivity index (χ2n) is 12.7. The molecule has 2 aromatic carbocycles. The number of carbonyl (C=O) groups is 1. The van der Waals surface area contributed by atoms with Gasteiger partial charge in [-0.1, -0.05) is 42.4 Å². The summed E-state index contributed by atoms with van der Waals surface area (Å²) in [6, 6.07) is 12.0. The lowest BCUT2D eigenvalue weighted by Crippen LogP contribution is -2.57. The number of hydrogen-bond donors (Lipinski definition) is 0. The number of benzene rings is 2. The normalized spacial score (nSPS) is 19.2. The SMILES string of the molecule is S.[C-]#[N+]C[C@H]1CN(c2nc(OC(C)C3(CN(C)C)CC3)nc3c2CCN(c2cccc4cccc(Cl)c24)C3)CCN1C(=O)C(=C)F. The lowest BCUT2D eigenvalue weighted by molar-refractivity contribution is -0.131. The molecule has 2 fully saturated rings. The molecule has 1 aliphatic carbocycles. The van der Waals surface area contributed by atoms with Crippen molar-refractivity contribution >= 4 is 53.3 Å². The lowest BCUT2D eigenvalue weighted by atomic mass is 10.00. The van der Waals surface area contributed by atoms with E-state index in [4.69, 9.17) is 32.9 Å². The number of piperazine rings is 1. The van der Waals surface area contributed by atoms with Gasteiger partial charge in [0.05, 0.1) is 17.3 Å². The molecule has 1 aromatic heterocycles. The van der Waals surface area contributed by atoms with Crippen molar-refractivity contribution in [1.29, 1.82) is 0 Å². The van der Waals surface area contributed by atoms with Crippen LogP contribution in [-0.4, -0.2) is 91.2 Å². The topological polar surface area (TPSA) is 69.4 Å². The number of ether oxygens (including phenoxy) is 1. The van der Waals surface area contributed by atoms with Gasteiger partial charge >= 0.3 is 6.01 Å². The quantitative estimate of drug-likeness (QED) is 0.221. The molecule has 12 heteroatoms. The van der Waals surface area contributed by atoms with Gasteiger partial charge in [-0.25, -0.2) is 11.0 Å². The zero-order valence-corrected chi connectivity index (χ0v) is 28.4. The van der Waals surface area contributed by atoms with Gasteiger partial charge in [-0.3, -0.25) is 4.79 Å². The van der Waals surface area contributed by atoms with Crippen LogP contribution in [0.2, 0.25) is 5.02 Å². The Kier molecular flexibility index (Phi) is 10.0. The van der Waals surface area contributed by atoms with Crippen LogP contribution in [0.4, 0.5) is 15.9 Å². The summed E-state index contributed by atoms with van der Waals surface area (Å²) in [7, 11) is 4.16. The molecule has 46 heavy (non-hydrogen) atoms. The third kappa shape index (κ3) is 6.61. The number of nitrogens with zero attached hydrogens (tertiary/aromatic N) is 7. The van der Waals surface area contributed by atoms with E-state index in [2.05, 4.69) is 71.4 Å². The van der Waals surface area contributed by atoms with E-state index in [1.165, 1.54) is 4.90 Å². The number of carbonyl (C=O) groups excluding carboxylic acids is 1. The van der Waals surface area contributed by atoms with E-state index in [1.807, 2.05) is 12.1 Å². The highest BCUT2D eigenvalue weighted by Crippen LogP contribution is 2.50. The molecule has 244 valence electrons. The predicted molar refractivity (Wildman–Crippen MR) is 186 cm³/mol. The Labute approximate surface area is 282 Å². The Morgan fingerprint density at radius 1 is 1.20 bits per heavy atom. The van der Waals surface area contributed by atoms with Gasteiger partial charge in [-0.05, 0) is 57.8 Å². The molecule has 0 radical (unpaired) electrons. The molecule has 2 aliphatic heterocycles. The maximum Gasteiger partial charge on any atom is 0.318 e. The van der Waals surface area contributed by atoms with Crippen LogP contribution >= 0.6 is 25.1 Å². The van der Waals surface area contributed by atoms with Gasteiger partial charge in [0.25, 0.3) is 5.91 Å². The third-order valence-corrected chi connectivity index (χ3v) is 9.76. The molecule has 1 unspecified atom stereocenters. The minimum atomic E-state index is -1.01. The molecular formula is C34H41ClFN7O2S. The minimum Gasteiger partial charge on any atom is -0.460 e. The first kappa shape index (κ1) is 33.8. The first-order valence-electron chi connectivity index (χ1n) is 15.5. The molecule has 0 N–H and O–H groups in total.